The molecule has 102 valence electrons. The molecule has 0 fully saturated rings. The number of methoxy groups -OCH3 is 1. The minimum absolute atomic E-state index is 0.145. The van der Waals surface area contributed by atoms with Gasteiger partial charge < -0.3 is 10.1 Å². The molecule has 0 radical (unpaired) electrons. The first kappa shape index (κ1) is 13.4. The fraction of sp³-hybridized carbons (Fsp3) is 0.429. The third-order valence-corrected chi connectivity index (χ3v) is 3.33. The van der Waals surface area contributed by atoms with Gasteiger partial charge in [-0.3, -0.25) is 4.68 Å². The van der Waals surface area contributed by atoms with Crippen molar-refractivity contribution in [2.45, 2.75) is 26.8 Å². The van der Waals surface area contributed by atoms with Crippen LogP contribution in [0, 0.1) is 13.8 Å². The Balaban J connectivity index is 2.28. The zero-order chi connectivity index (χ0) is 14.0. The third-order valence-electron chi connectivity index (χ3n) is 3.33. The van der Waals surface area contributed by atoms with Gasteiger partial charge in [-0.25, -0.2) is 4.98 Å². The average molecular weight is 260 g/mol. The van der Waals surface area contributed by atoms with E-state index in [2.05, 4.69) is 29.2 Å². The van der Waals surface area contributed by atoms with Crippen molar-refractivity contribution >= 4 is 5.69 Å². The highest BCUT2D eigenvalue weighted by atomic mass is 16.5. The average Bonchev–Trinajstić information content (AvgIpc) is 2.64. The number of rotatable bonds is 4. The van der Waals surface area contributed by atoms with Crippen molar-refractivity contribution < 1.29 is 4.74 Å². The summed E-state index contributed by atoms with van der Waals surface area (Å²) in [4.78, 5) is 4.19. The molecule has 5 nitrogen and oxygen atoms in total. The van der Waals surface area contributed by atoms with Crippen LogP contribution in [0.3, 0.4) is 0 Å². The van der Waals surface area contributed by atoms with Gasteiger partial charge in [-0.1, -0.05) is 0 Å². The van der Waals surface area contributed by atoms with Crippen LogP contribution in [0.2, 0.25) is 0 Å². The van der Waals surface area contributed by atoms with E-state index in [1.165, 1.54) is 11.3 Å². The van der Waals surface area contributed by atoms with Crippen molar-refractivity contribution in [3.05, 3.63) is 35.3 Å². The van der Waals surface area contributed by atoms with Gasteiger partial charge in [0.1, 0.15) is 0 Å². The molecule has 1 unspecified atom stereocenters. The van der Waals surface area contributed by atoms with Gasteiger partial charge in [0, 0.05) is 24.5 Å². The molecule has 0 spiro atoms. The van der Waals surface area contributed by atoms with E-state index in [-0.39, 0.29) is 6.04 Å². The first-order valence-electron chi connectivity index (χ1n) is 6.30. The molecular weight excluding hydrogens is 240 g/mol. The zero-order valence-electron chi connectivity index (χ0n) is 12.1. The normalized spacial score (nSPS) is 12.3. The third kappa shape index (κ3) is 2.54. The zero-order valence-corrected chi connectivity index (χ0v) is 12.1. The quantitative estimate of drug-likeness (QED) is 0.918. The summed E-state index contributed by atoms with van der Waals surface area (Å²) in [6, 6.07) is 4.00. The number of aromatic nitrogens is 3. The summed E-state index contributed by atoms with van der Waals surface area (Å²) in [6.07, 6.45) is 1.72. The van der Waals surface area contributed by atoms with Gasteiger partial charge in [0.15, 0.2) is 0 Å². The van der Waals surface area contributed by atoms with E-state index >= 15 is 0 Å². The summed E-state index contributed by atoms with van der Waals surface area (Å²) < 4.78 is 7.16. The summed E-state index contributed by atoms with van der Waals surface area (Å²) >= 11 is 0. The van der Waals surface area contributed by atoms with E-state index in [0.717, 1.165) is 11.4 Å². The van der Waals surface area contributed by atoms with Gasteiger partial charge in [0.2, 0.25) is 5.88 Å². The van der Waals surface area contributed by atoms with E-state index in [0.29, 0.717) is 5.88 Å². The standard InChI is InChI=1S/C14H20N4O/c1-9(13-10(2)17-18(4)11(13)3)16-12-7-6-8-15-14(12)19-5/h6-9,16H,1-5H3. The number of nitrogens with zero attached hydrogens (tertiary/aromatic N) is 3. The first-order valence-corrected chi connectivity index (χ1v) is 6.30. The van der Waals surface area contributed by atoms with Crippen molar-refractivity contribution in [1.82, 2.24) is 14.8 Å². The molecule has 19 heavy (non-hydrogen) atoms. The number of aryl methyl sites for hydroxylation is 2. The lowest BCUT2D eigenvalue weighted by atomic mass is 10.1. The number of hydrogen-bond donors (Lipinski definition) is 1. The van der Waals surface area contributed by atoms with Crippen LogP contribution in [0.15, 0.2) is 18.3 Å². The second-order valence-corrected chi connectivity index (χ2v) is 4.63. The summed E-state index contributed by atoms with van der Waals surface area (Å²) in [7, 11) is 3.59. The van der Waals surface area contributed by atoms with Crippen molar-refractivity contribution in [2.24, 2.45) is 7.05 Å². The van der Waals surface area contributed by atoms with Crippen molar-refractivity contribution in [3.8, 4) is 5.88 Å². The second kappa shape index (κ2) is 5.30. The Bertz CT molecular complexity index is 577. The van der Waals surface area contributed by atoms with E-state index in [4.69, 9.17) is 4.74 Å². The van der Waals surface area contributed by atoms with Crippen LogP contribution in [0.5, 0.6) is 5.88 Å². The molecular formula is C14H20N4O. The van der Waals surface area contributed by atoms with Gasteiger partial charge in [0.05, 0.1) is 24.5 Å². The predicted octanol–water partition coefficient (Wildman–Crippen LogP) is 2.61. The molecule has 0 saturated carbocycles. The smallest absolute Gasteiger partial charge is 0.237 e. The van der Waals surface area contributed by atoms with Crippen LogP contribution in [-0.4, -0.2) is 21.9 Å². The van der Waals surface area contributed by atoms with Crippen LogP contribution in [0.1, 0.15) is 29.9 Å². The van der Waals surface area contributed by atoms with Crippen molar-refractivity contribution in [3.63, 3.8) is 0 Å². The molecule has 2 aromatic rings. The summed E-state index contributed by atoms with van der Waals surface area (Å²) in [5.41, 5.74) is 4.32. The van der Waals surface area contributed by atoms with E-state index in [1.807, 2.05) is 30.8 Å². The largest absolute Gasteiger partial charge is 0.480 e. The number of anilines is 1. The Morgan fingerprint density at radius 1 is 1.37 bits per heavy atom. The minimum Gasteiger partial charge on any atom is -0.480 e. The summed E-state index contributed by atoms with van der Waals surface area (Å²) in [5, 5.41) is 7.88. The number of pyridine rings is 1. The van der Waals surface area contributed by atoms with Crippen molar-refractivity contribution in [2.75, 3.05) is 12.4 Å². The minimum atomic E-state index is 0.145. The van der Waals surface area contributed by atoms with Crippen LogP contribution in [0.4, 0.5) is 5.69 Å². The van der Waals surface area contributed by atoms with Gasteiger partial charge in [-0.2, -0.15) is 5.10 Å². The van der Waals surface area contributed by atoms with Crippen LogP contribution < -0.4 is 10.1 Å². The fourth-order valence-corrected chi connectivity index (χ4v) is 2.39. The molecule has 2 aromatic heterocycles. The second-order valence-electron chi connectivity index (χ2n) is 4.63. The lowest BCUT2D eigenvalue weighted by Gasteiger charge is -2.17. The maximum absolute atomic E-state index is 5.25. The van der Waals surface area contributed by atoms with Gasteiger partial charge in [0.25, 0.3) is 0 Å². The Kier molecular flexibility index (Phi) is 3.74. The maximum Gasteiger partial charge on any atom is 0.237 e. The Labute approximate surface area is 113 Å². The fourth-order valence-electron chi connectivity index (χ4n) is 2.39. The van der Waals surface area contributed by atoms with Gasteiger partial charge >= 0.3 is 0 Å². The molecule has 0 saturated heterocycles. The lowest BCUT2D eigenvalue weighted by Crippen LogP contribution is -2.10. The molecule has 0 bridgehead atoms. The SMILES string of the molecule is COc1ncccc1NC(C)c1c(C)nn(C)c1C. The Morgan fingerprint density at radius 2 is 2.11 bits per heavy atom. The monoisotopic (exact) mass is 260 g/mol. The molecule has 0 aliphatic carbocycles. The topological polar surface area (TPSA) is 52.0 Å². The highest BCUT2D eigenvalue weighted by Crippen LogP contribution is 2.28. The Hall–Kier alpha value is -2.04. The molecule has 2 heterocycles. The van der Waals surface area contributed by atoms with Crippen LogP contribution in [0.25, 0.3) is 0 Å². The molecule has 1 atom stereocenters. The Morgan fingerprint density at radius 3 is 2.68 bits per heavy atom. The molecule has 0 amide bonds. The molecule has 1 N–H and O–H groups in total. The highest BCUT2D eigenvalue weighted by Gasteiger charge is 2.17. The predicted molar refractivity (Wildman–Crippen MR) is 75.5 cm³/mol. The maximum atomic E-state index is 5.25. The first-order chi connectivity index (χ1) is 9.04. The molecule has 0 aromatic carbocycles. The number of hydrogen-bond acceptors (Lipinski definition) is 4. The molecule has 2 rings (SSSR count). The summed E-state index contributed by atoms with van der Waals surface area (Å²) in [6.45, 7) is 6.22. The highest BCUT2D eigenvalue weighted by molar-refractivity contribution is 5.54. The van der Waals surface area contributed by atoms with Crippen molar-refractivity contribution in [1.29, 1.82) is 0 Å². The van der Waals surface area contributed by atoms with E-state index in [1.54, 1.807) is 13.3 Å². The number of nitrogens with one attached hydrogen (secondary N) is 1. The van der Waals surface area contributed by atoms with E-state index in [9.17, 15) is 0 Å². The number of ether oxygens (including phenoxy) is 1. The van der Waals surface area contributed by atoms with E-state index < -0.39 is 0 Å². The lowest BCUT2D eigenvalue weighted by molar-refractivity contribution is 0.399. The van der Waals surface area contributed by atoms with Gasteiger partial charge in [-0.15, -0.1) is 0 Å². The summed E-state index contributed by atoms with van der Waals surface area (Å²) in [5.74, 6) is 0.605. The van der Waals surface area contributed by atoms with Crippen LogP contribution in [-0.2, 0) is 7.05 Å². The van der Waals surface area contributed by atoms with Crippen LogP contribution >= 0.6 is 0 Å². The molecule has 0 aliphatic heterocycles. The molecule has 5 heteroatoms. The molecule has 0 aliphatic rings. The van der Waals surface area contributed by atoms with Gasteiger partial charge in [-0.05, 0) is 32.9 Å².